The van der Waals surface area contributed by atoms with Gasteiger partial charge in [-0.3, -0.25) is 9.63 Å². The molecule has 0 atom stereocenters. The van der Waals surface area contributed by atoms with E-state index in [9.17, 15) is 4.79 Å². The number of benzene rings is 1. The van der Waals surface area contributed by atoms with Crippen LogP contribution in [-0.4, -0.2) is 30.7 Å². The maximum Gasteiger partial charge on any atom is 0.270 e. The maximum atomic E-state index is 11.9. The largest absolute Gasteiger partial charge is 0.493 e. The highest BCUT2D eigenvalue weighted by Crippen LogP contribution is 2.26. The SMILES string of the molecule is O=C(/C=C/c1ccc2c(c1)CCO2)N1CCCCO1. The molecule has 100 valence electrons. The predicted octanol–water partition coefficient (Wildman–Crippen LogP) is 2.19. The van der Waals surface area contributed by atoms with Crippen LogP contribution in [-0.2, 0) is 16.1 Å². The van der Waals surface area contributed by atoms with Crippen molar-refractivity contribution in [2.75, 3.05) is 19.8 Å². The normalized spacial score (nSPS) is 18.4. The second-order valence-corrected chi connectivity index (χ2v) is 4.78. The van der Waals surface area contributed by atoms with E-state index in [1.54, 1.807) is 6.08 Å². The fraction of sp³-hybridized carbons (Fsp3) is 0.400. The van der Waals surface area contributed by atoms with Gasteiger partial charge >= 0.3 is 0 Å². The summed E-state index contributed by atoms with van der Waals surface area (Å²) >= 11 is 0. The molecular weight excluding hydrogens is 242 g/mol. The summed E-state index contributed by atoms with van der Waals surface area (Å²) in [6.45, 7) is 2.07. The number of hydrogen-bond acceptors (Lipinski definition) is 3. The lowest BCUT2D eigenvalue weighted by molar-refractivity contribution is -0.191. The van der Waals surface area contributed by atoms with Gasteiger partial charge in [-0.2, -0.15) is 0 Å². The third-order valence-corrected chi connectivity index (χ3v) is 3.38. The smallest absolute Gasteiger partial charge is 0.270 e. The molecule has 0 bridgehead atoms. The Hall–Kier alpha value is -1.81. The van der Waals surface area contributed by atoms with Crippen LogP contribution in [0.15, 0.2) is 24.3 Å². The first kappa shape index (κ1) is 12.2. The molecule has 4 heteroatoms. The van der Waals surface area contributed by atoms with Gasteiger partial charge in [0.1, 0.15) is 5.75 Å². The monoisotopic (exact) mass is 259 g/mol. The standard InChI is InChI=1S/C15H17NO3/c17-15(16-8-1-2-9-19-16)6-4-12-3-5-14-13(11-12)7-10-18-14/h3-6,11H,1-2,7-10H2/b6-4+. The van der Waals surface area contributed by atoms with E-state index in [4.69, 9.17) is 9.57 Å². The van der Waals surface area contributed by atoms with Crippen LogP contribution in [0.25, 0.3) is 6.08 Å². The number of carbonyl (C=O) groups excluding carboxylic acids is 1. The summed E-state index contributed by atoms with van der Waals surface area (Å²) in [7, 11) is 0. The van der Waals surface area contributed by atoms with Crippen LogP contribution in [0.5, 0.6) is 5.75 Å². The van der Waals surface area contributed by atoms with Crippen LogP contribution < -0.4 is 4.74 Å². The zero-order valence-corrected chi connectivity index (χ0v) is 10.8. The van der Waals surface area contributed by atoms with Crippen molar-refractivity contribution >= 4 is 12.0 Å². The summed E-state index contributed by atoms with van der Waals surface area (Å²) in [6.07, 6.45) is 6.38. The fourth-order valence-corrected chi connectivity index (χ4v) is 2.33. The topological polar surface area (TPSA) is 38.8 Å². The summed E-state index contributed by atoms with van der Waals surface area (Å²) in [5.74, 6) is 0.874. The number of ether oxygens (including phenoxy) is 1. The van der Waals surface area contributed by atoms with Crippen molar-refractivity contribution in [1.29, 1.82) is 0 Å². The summed E-state index contributed by atoms with van der Waals surface area (Å²) in [4.78, 5) is 17.2. The third-order valence-electron chi connectivity index (χ3n) is 3.38. The molecule has 2 aliphatic heterocycles. The average Bonchev–Trinajstić information content (AvgIpc) is 2.93. The van der Waals surface area contributed by atoms with Crippen molar-refractivity contribution in [2.24, 2.45) is 0 Å². The lowest BCUT2D eigenvalue weighted by atomic mass is 10.1. The first-order valence-electron chi connectivity index (χ1n) is 6.71. The van der Waals surface area contributed by atoms with Crippen molar-refractivity contribution in [3.63, 3.8) is 0 Å². The van der Waals surface area contributed by atoms with Gasteiger partial charge in [-0.05, 0) is 42.2 Å². The van der Waals surface area contributed by atoms with Crippen LogP contribution in [0.4, 0.5) is 0 Å². The Morgan fingerprint density at radius 1 is 1.26 bits per heavy atom. The van der Waals surface area contributed by atoms with Crippen molar-refractivity contribution in [3.05, 3.63) is 35.4 Å². The summed E-state index contributed by atoms with van der Waals surface area (Å²) in [5.41, 5.74) is 2.23. The van der Waals surface area contributed by atoms with E-state index in [2.05, 4.69) is 6.07 Å². The van der Waals surface area contributed by atoms with Crippen LogP contribution in [0.2, 0.25) is 0 Å². The molecule has 1 fully saturated rings. The van der Waals surface area contributed by atoms with Gasteiger partial charge in [0.15, 0.2) is 0 Å². The quantitative estimate of drug-likeness (QED) is 0.764. The van der Waals surface area contributed by atoms with Gasteiger partial charge in [0.05, 0.1) is 13.2 Å². The Bertz CT molecular complexity index is 504. The predicted molar refractivity (Wildman–Crippen MR) is 71.6 cm³/mol. The molecular formula is C15H17NO3. The Morgan fingerprint density at radius 2 is 2.21 bits per heavy atom. The molecule has 2 heterocycles. The van der Waals surface area contributed by atoms with E-state index in [0.717, 1.165) is 37.2 Å². The zero-order chi connectivity index (χ0) is 13.1. The lowest BCUT2D eigenvalue weighted by Crippen LogP contribution is -2.34. The molecule has 1 aromatic rings. The molecule has 19 heavy (non-hydrogen) atoms. The van der Waals surface area contributed by atoms with Crippen molar-refractivity contribution in [2.45, 2.75) is 19.3 Å². The molecule has 0 saturated carbocycles. The van der Waals surface area contributed by atoms with E-state index >= 15 is 0 Å². The first-order valence-corrected chi connectivity index (χ1v) is 6.71. The van der Waals surface area contributed by atoms with Crippen molar-refractivity contribution < 1.29 is 14.4 Å². The number of rotatable bonds is 2. The molecule has 0 N–H and O–H groups in total. The summed E-state index contributed by atoms with van der Waals surface area (Å²) < 4.78 is 5.45. The third kappa shape index (κ3) is 2.79. The van der Waals surface area contributed by atoms with Gasteiger partial charge in [-0.15, -0.1) is 0 Å². The second-order valence-electron chi connectivity index (χ2n) is 4.78. The Morgan fingerprint density at radius 3 is 3.05 bits per heavy atom. The van der Waals surface area contributed by atoms with E-state index < -0.39 is 0 Å². The zero-order valence-electron chi connectivity index (χ0n) is 10.8. The van der Waals surface area contributed by atoms with E-state index in [-0.39, 0.29) is 5.91 Å². The van der Waals surface area contributed by atoms with Crippen LogP contribution >= 0.6 is 0 Å². The van der Waals surface area contributed by atoms with E-state index in [0.29, 0.717) is 13.2 Å². The van der Waals surface area contributed by atoms with Gasteiger partial charge in [0.2, 0.25) is 0 Å². The lowest BCUT2D eigenvalue weighted by Gasteiger charge is -2.24. The number of nitrogens with zero attached hydrogens (tertiary/aromatic N) is 1. The Kier molecular flexibility index (Phi) is 3.51. The number of carbonyl (C=O) groups is 1. The summed E-state index contributed by atoms with van der Waals surface area (Å²) in [6, 6.07) is 6.00. The maximum absolute atomic E-state index is 11.9. The van der Waals surface area contributed by atoms with Gasteiger partial charge in [0.25, 0.3) is 5.91 Å². The average molecular weight is 259 g/mol. The molecule has 1 aromatic carbocycles. The molecule has 1 amide bonds. The van der Waals surface area contributed by atoms with Gasteiger partial charge in [-0.25, -0.2) is 5.06 Å². The number of amides is 1. The first-order chi connectivity index (χ1) is 9.33. The number of hydroxylamine groups is 2. The minimum atomic E-state index is -0.0866. The van der Waals surface area contributed by atoms with Crippen molar-refractivity contribution in [3.8, 4) is 5.75 Å². The van der Waals surface area contributed by atoms with E-state index in [1.165, 1.54) is 10.6 Å². The van der Waals surface area contributed by atoms with Crippen LogP contribution in [0, 0.1) is 0 Å². The van der Waals surface area contributed by atoms with E-state index in [1.807, 2.05) is 18.2 Å². The molecule has 4 nitrogen and oxygen atoms in total. The number of fused-ring (bicyclic) bond motifs is 1. The second kappa shape index (κ2) is 5.45. The Balaban J connectivity index is 1.66. The molecule has 2 aliphatic rings. The molecule has 0 radical (unpaired) electrons. The highest BCUT2D eigenvalue weighted by Gasteiger charge is 2.15. The molecule has 0 unspecified atom stereocenters. The molecule has 0 aliphatic carbocycles. The van der Waals surface area contributed by atoms with Crippen molar-refractivity contribution in [1.82, 2.24) is 5.06 Å². The Labute approximate surface area is 112 Å². The fourth-order valence-electron chi connectivity index (χ4n) is 2.33. The minimum absolute atomic E-state index is 0.0866. The minimum Gasteiger partial charge on any atom is -0.493 e. The highest BCUT2D eigenvalue weighted by atomic mass is 16.7. The van der Waals surface area contributed by atoms with Crippen LogP contribution in [0.1, 0.15) is 24.0 Å². The highest BCUT2D eigenvalue weighted by molar-refractivity contribution is 5.91. The summed E-state index contributed by atoms with van der Waals surface area (Å²) in [5, 5.41) is 1.44. The van der Waals surface area contributed by atoms with Gasteiger partial charge < -0.3 is 4.74 Å². The van der Waals surface area contributed by atoms with Crippen LogP contribution in [0.3, 0.4) is 0 Å². The van der Waals surface area contributed by atoms with Gasteiger partial charge in [0, 0.05) is 19.0 Å². The van der Waals surface area contributed by atoms with Gasteiger partial charge in [-0.1, -0.05) is 6.07 Å². The molecule has 0 aromatic heterocycles. The molecule has 1 saturated heterocycles. The number of hydrogen-bond donors (Lipinski definition) is 0. The molecule has 3 rings (SSSR count). The molecule has 0 spiro atoms.